The van der Waals surface area contributed by atoms with Gasteiger partial charge in [-0.2, -0.15) is 5.10 Å². The molecule has 2 aromatic heterocycles. The van der Waals surface area contributed by atoms with Crippen LogP contribution in [0.4, 0.5) is 0 Å². The summed E-state index contributed by atoms with van der Waals surface area (Å²) >= 11 is 3.22. The van der Waals surface area contributed by atoms with Crippen molar-refractivity contribution in [3.63, 3.8) is 0 Å². The molecule has 0 amide bonds. The lowest BCUT2D eigenvalue weighted by molar-refractivity contribution is 0.101. The van der Waals surface area contributed by atoms with Crippen molar-refractivity contribution in [1.29, 1.82) is 0 Å². The minimum atomic E-state index is -0.133. The average molecular weight is 298 g/mol. The van der Waals surface area contributed by atoms with E-state index in [2.05, 4.69) is 31.3 Å². The molecule has 0 aliphatic heterocycles. The van der Waals surface area contributed by atoms with Gasteiger partial charge < -0.3 is 0 Å². The van der Waals surface area contributed by atoms with E-state index in [-0.39, 0.29) is 5.78 Å². The van der Waals surface area contributed by atoms with E-state index in [0.717, 1.165) is 5.69 Å². The van der Waals surface area contributed by atoms with Gasteiger partial charge in [0.15, 0.2) is 4.60 Å². The van der Waals surface area contributed by atoms with Crippen molar-refractivity contribution in [3.8, 4) is 0 Å². The Morgan fingerprint density at radius 2 is 2.24 bits per heavy atom. The molecule has 0 spiro atoms. The molecule has 0 radical (unpaired) electrons. The molecule has 2 rings (SSSR count). The normalized spacial score (nSPS) is 10.8. The Hall–Kier alpha value is -1.50. The monoisotopic (exact) mass is 297 g/mol. The van der Waals surface area contributed by atoms with Crippen LogP contribution in [-0.4, -0.2) is 30.6 Å². The highest BCUT2D eigenvalue weighted by Crippen LogP contribution is 2.17. The molecule has 0 saturated carbocycles. The second-order valence-electron chi connectivity index (χ2n) is 3.67. The van der Waals surface area contributed by atoms with Crippen molar-refractivity contribution < 1.29 is 4.79 Å². The van der Waals surface area contributed by atoms with E-state index in [9.17, 15) is 4.79 Å². The highest BCUT2D eigenvalue weighted by molar-refractivity contribution is 9.10. The third kappa shape index (κ3) is 2.02. The minimum absolute atomic E-state index is 0.133. The Balaban J connectivity index is 2.51. The number of carbonyl (C=O) groups excluding carboxylic acids is 1. The summed E-state index contributed by atoms with van der Waals surface area (Å²) in [5.74, 6) is -0.133. The van der Waals surface area contributed by atoms with Crippen LogP contribution in [0.3, 0.4) is 0 Å². The maximum absolute atomic E-state index is 12.4. The van der Waals surface area contributed by atoms with Crippen LogP contribution >= 0.6 is 15.9 Å². The average Bonchev–Trinajstić information content (AvgIpc) is 2.82. The first-order chi connectivity index (χ1) is 8.04. The van der Waals surface area contributed by atoms with Crippen LogP contribution in [0, 0.1) is 6.92 Å². The number of carbonyl (C=O) groups is 1. The molecule has 6 nitrogen and oxygen atoms in total. The van der Waals surface area contributed by atoms with Gasteiger partial charge in [0.25, 0.3) is 0 Å². The number of halogens is 1. The van der Waals surface area contributed by atoms with Crippen molar-refractivity contribution in [2.45, 2.75) is 20.4 Å². The van der Waals surface area contributed by atoms with Crippen LogP contribution in [0.5, 0.6) is 0 Å². The molecule has 17 heavy (non-hydrogen) atoms. The summed E-state index contributed by atoms with van der Waals surface area (Å²) in [6.07, 6.45) is 0. The highest BCUT2D eigenvalue weighted by atomic mass is 79.9. The standard InChI is InChI=1S/C10H12BrN5O/c1-4-16-7(5-6(2)13-16)9(17)8-10(11)12-14-15(8)3/h5H,4H2,1-3H3. The van der Waals surface area contributed by atoms with Crippen molar-refractivity contribution in [2.24, 2.45) is 7.05 Å². The van der Waals surface area contributed by atoms with Crippen molar-refractivity contribution >= 4 is 21.7 Å². The predicted octanol–water partition coefficient (Wildman–Crippen LogP) is 1.33. The van der Waals surface area contributed by atoms with Gasteiger partial charge in [-0.05, 0) is 35.8 Å². The van der Waals surface area contributed by atoms with Crippen LogP contribution in [0.25, 0.3) is 0 Å². The topological polar surface area (TPSA) is 65.6 Å². The van der Waals surface area contributed by atoms with Gasteiger partial charge in [-0.25, -0.2) is 4.68 Å². The van der Waals surface area contributed by atoms with Crippen LogP contribution in [-0.2, 0) is 13.6 Å². The summed E-state index contributed by atoms with van der Waals surface area (Å²) in [7, 11) is 1.69. The predicted molar refractivity (Wildman–Crippen MR) is 64.8 cm³/mol. The first-order valence-electron chi connectivity index (χ1n) is 5.19. The second-order valence-corrected chi connectivity index (χ2v) is 4.42. The summed E-state index contributed by atoms with van der Waals surface area (Å²) in [6, 6.07) is 1.77. The van der Waals surface area contributed by atoms with Gasteiger partial charge >= 0.3 is 0 Å². The van der Waals surface area contributed by atoms with E-state index in [1.807, 2.05) is 13.8 Å². The Morgan fingerprint density at radius 3 is 2.76 bits per heavy atom. The lowest BCUT2D eigenvalue weighted by atomic mass is 10.2. The van der Waals surface area contributed by atoms with E-state index in [0.29, 0.717) is 22.5 Å². The van der Waals surface area contributed by atoms with E-state index in [1.165, 1.54) is 4.68 Å². The summed E-state index contributed by atoms with van der Waals surface area (Å²) in [5.41, 5.74) is 1.80. The van der Waals surface area contributed by atoms with Gasteiger partial charge in [0, 0.05) is 13.6 Å². The lowest BCUT2D eigenvalue weighted by Crippen LogP contribution is -2.14. The summed E-state index contributed by atoms with van der Waals surface area (Å²) in [6.45, 7) is 4.46. The molecule has 7 heteroatoms. The molecule has 0 fully saturated rings. The molecule has 0 atom stereocenters. The van der Waals surface area contributed by atoms with Gasteiger partial charge in [-0.3, -0.25) is 9.48 Å². The van der Waals surface area contributed by atoms with Gasteiger partial charge in [0.2, 0.25) is 5.78 Å². The number of aromatic nitrogens is 5. The highest BCUT2D eigenvalue weighted by Gasteiger charge is 2.22. The van der Waals surface area contributed by atoms with E-state index in [1.54, 1.807) is 17.8 Å². The number of hydrogen-bond acceptors (Lipinski definition) is 4. The Kier molecular flexibility index (Phi) is 3.10. The molecular formula is C10H12BrN5O. The zero-order valence-electron chi connectivity index (χ0n) is 9.81. The van der Waals surface area contributed by atoms with Crippen molar-refractivity contribution in [1.82, 2.24) is 24.8 Å². The molecule has 0 aliphatic rings. The quantitative estimate of drug-likeness (QED) is 0.802. The van der Waals surface area contributed by atoms with Crippen LogP contribution in [0.15, 0.2) is 10.7 Å². The number of rotatable bonds is 3. The smallest absolute Gasteiger partial charge is 0.231 e. The van der Waals surface area contributed by atoms with Gasteiger partial charge in [0.1, 0.15) is 11.4 Å². The molecular weight excluding hydrogens is 286 g/mol. The molecule has 0 unspecified atom stereocenters. The number of nitrogens with zero attached hydrogens (tertiary/aromatic N) is 5. The molecule has 0 aliphatic carbocycles. The van der Waals surface area contributed by atoms with Crippen LogP contribution in [0.1, 0.15) is 28.8 Å². The summed E-state index contributed by atoms with van der Waals surface area (Å²) in [5, 5.41) is 11.8. The lowest BCUT2D eigenvalue weighted by Gasteiger charge is -2.03. The summed E-state index contributed by atoms with van der Waals surface area (Å²) < 4.78 is 3.58. The fourth-order valence-electron chi connectivity index (χ4n) is 1.66. The minimum Gasteiger partial charge on any atom is -0.285 e. The van der Waals surface area contributed by atoms with Gasteiger partial charge in [-0.1, -0.05) is 5.21 Å². The van der Waals surface area contributed by atoms with E-state index >= 15 is 0 Å². The third-order valence-corrected chi connectivity index (χ3v) is 2.97. The van der Waals surface area contributed by atoms with Crippen LogP contribution < -0.4 is 0 Å². The second kappa shape index (κ2) is 4.40. The number of aryl methyl sites for hydroxylation is 3. The van der Waals surface area contributed by atoms with E-state index < -0.39 is 0 Å². The maximum Gasteiger partial charge on any atom is 0.231 e. The van der Waals surface area contributed by atoms with Gasteiger partial charge in [-0.15, -0.1) is 5.10 Å². The first-order valence-corrected chi connectivity index (χ1v) is 5.98. The molecule has 0 N–H and O–H groups in total. The Bertz CT molecular complexity index is 552. The maximum atomic E-state index is 12.4. The third-order valence-electron chi connectivity index (χ3n) is 2.44. The van der Waals surface area contributed by atoms with Crippen LogP contribution in [0.2, 0.25) is 0 Å². The fourth-order valence-corrected chi connectivity index (χ4v) is 2.17. The zero-order valence-corrected chi connectivity index (χ0v) is 11.4. The molecule has 2 aromatic rings. The Labute approximate surface area is 107 Å². The first kappa shape index (κ1) is 12.0. The molecule has 0 aromatic carbocycles. The summed E-state index contributed by atoms with van der Waals surface area (Å²) in [4.78, 5) is 12.4. The zero-order chi connectivity index (χ0) is 12.6. The van der Waals surface area contributed by atoms with E-state index in [4.69, 9.17) is 0 Å². The van der Waals surface area contributed by atoms with Crippen molar-refractivity contribution in [2.75, 3.05) is 0 Å². The molecule has 0 bridgehead atoms. The number of hydrogen-bond donors (Lipinski definition) is 0. The molecule has 0 saturated heterocycles. The molecule has 90 valence electrons. The molecule has 2 heterocycles. The largest absolute Gasteiger partial charge is 0.285 e. The van der Waals surface area contributed by atoms with Crippen molar-refractivity contribution in [3.05, 3.63) is 27.8 Å². The fraction of sp³-hybridized carbons (Fsp3) is 0.400. The Morgan fingerprint density at radius 1 is 1.53 bits per heavy atom. The SMILES string of the molecule is CCn1nc(C)cc1C(=O)c1c(Br)nnn1C. The van der Waals surface area contributed by atoms with Gasteiger partial charge in [0.05, 0.1) is 5.69 Å². The number of ketones is 1.